The first-order chi connectivity index (χ1) is 9.80. The van der Waals surface area contributed by atoms with Crippen LogP contribution in [0.25, 0.3) is 0 Å². The topological polar surface area (TPSA) is 89.7 Å². The van der Waals surface area contributed by atoms with Crippen molar-refractivity contribution < 1.29 is 17.9 Å². The summed E-state index contributed by atoms with van der Waals surface area (Å²) in [5.41, 5.74) is 0.957. The second kappa shape index (κ2) is 6.03. The molecule has 116 valence electrons. The van der Waals surface area contributed by atoms with Crippen LogP contribution < -0.4 is 9.88 Å². The first kappa shape index (κ1) is 15.8. The number of methoxy groups -OCH3 is 1. The van der Waals surface area contributed by atoms with Crippen molar-refractivity contribution in [2.24, 2.45) is 11.1 Å². The molecule has 1 aliphatic heterocycles. The molecule has 0 aliphatic carbocycles. The Morgan fingerprint density at radius 1 is 1.48 bits per heavy atom. The number of sulfonamides is 1. The van der Waals surface area contributed by atoms with Crippen LogP contribution in [0.2, 0.25) is 0 Å². The Morgan fingerprint density at radius 3 is 2.81 bits per heavy atom. The zero-order valence-corrected chi connectivity index (χ0v) is 13.0. The van der Waals surface area contributed by atoms with Crippen LogP contribution >= 0.6 is 0 Å². The van der Waals surface area contributed by atoms with Gasteiger partial charge in [0.25, 0.3) is 0 Å². The number of primary sulfonamides is 1. The number of nitrogens with zero attached hydrogens (tertiary/aromatic N) is 1. The van der Waals surface area contributed by atoms with Crippen molar-refractivity contribution in [2.75, 3.05) is 19.4 Å². The van der Waals surface area contributed by atoms with Crippen LogP contribution in [0.3, 0.4) is 0 Å². The number of rotatable bonds is 5. The molecular formula is C14H20N2O4S. The van der Waals surface area contributed by atoms with E-state index in [2.05, 4.69) is 0 Å². The lowest BCUT2D eigenvalue weighted by molar-refractivity contribution is -0.129. The van der Waals surface area contributed by atoms with Gasteiger partial charge in [-0.05, 0) is 24.6 Å². The lowest BCUT2D eigenvalue weighted by Crippen LogP contribution is -2.30. The summed E-state index contributed by atoms with van der Waals surface area (Å²) in [6, 6.07) is 7.38. The maximum absolute atomic E-state index is 12.1. The Morgan fingerprint density at radius 2 is 2.19 bits per heavy atom. The van der Waals surface area contributed by atoms with Gasteiger partial charge in [0.1, 0.15) is 5.75 Å². The molecule has 0 aromatic heterocycles. The van der Waals surface area contributed by atoms with Crippen molar-refractivity contribution in [3.63, 3.8) is 0 Å². The normalized spacial score (nSPS) is 20.6. The number of likely N-dealkylation sites (tertiary alicyclic amines) is 1. The van der Waals surface area contributed by atoms with E-state index in [1.807, 2.05) is 31.2 Å². The highest BCUT2D eigenvalue weighted by atomic mass is 32.2. The Bertz CT molecular complexity index is 630. The molecule has 1 amide bonds. The van der Waals surface area contributed by atoms with Crippen molar-refractivity contribution in [1.29, 1.82) is 0 Å². The molecule has 1 heterocycles. The third-order valence-electron chi connectivity index (χ3n) is 3.75. The van der Waals surface area contributed by atoms with Crippen molar-refractivity contribution >= 4 is 15.9 Å². The minimum absolute atomic E-state index is 0.0426. The van der Waals surface area contributed by atoms with Crippen molar-refractivity contribution in [3.05, 3.63) is 29.8 Å². The fourth-order valence-corrected chi connectivity index (χ4v) is 3.58. The zero-order valence-electron chi connectivity index (χ0n) is 12.2. The van der Waals surface area contributed by atoms with Gasteiger partial charge >= 0.3 is 0 Å². The van der Waals surface area contributed by atoms with E-state index in [9.17, 15) is 13.2 Å². The van der Waals surface area contributed by atoms with Gasteiger partial charge in [-0.25, -0.2) is 13.6 Å². The Labute approximate surface area is 124 Å². The van der Waals surface area contributed by atoms with Crippen molar-refractivity contribution in [2.45, 2.75) is 19.4 Å². The molecule has 0 radical (unpaired) electrons. The number of nitrogens with two attached hydrogens (primary N) is 1. The van der Waals surface area contributed by atoms with E-state index in [0.717, 1.165) is 11.3 Å². The first-order valence-corrected chi connectivity index (χ1v) is 8.45. The number of benzene rings is 1. The van der Waals surface area contributed by atoms with Gasteiger partial charge in [-0.2, -0.15) is 0 Å². The van der Waals surface area contributed by atoms with Gasteiger partial charge in [-0.15, -0.1) is 0 Å². The number of carbonyl (C=O) groups excluding carboxylic acids is 1. The highest BCUT2D eigenvalue weighted by Gasteiger charge is 2.34. The third-order valence-corrected chi connectivity index (χ3v) is 4.69. The van der Waals surface area contributed by atoms with E-state index >= 15 is 0 Å². The Kier molecular flexibility index (Phi) is 4.53. The van der Waals surface area contributed by atoms with Gasteiger partial charge in [0, 0.05) is 18.9 Å². The molecule has 21 heavy (non-hydrogen) atoms. The van der Waals surface area contributed by atoms with Crippen molar-refractivity contribution in [1.82, 2.24) is 4.90 Å². The van der Waals surface area contributed by atoms with Crippen LogP contribution in [0.15, 0.2) is 24.3 Å². The summed E-state index contributed by atoms with van der Waals surface area (Å²) in [5.74, 6) is 0.298. The molecule has 1 fully saturated rings. The molecule has 2 rings (SSSR count). The summed E-state index contributed by atoms with van der Waals surface area (Å²) in [6.07, 6.45) is 0.227. The van der Waals surface area contributed by atoms with Gasteiger partial charge in [0.05, 0.1) is 18.9 Å². The number of carbonyl (C=O) groups is 1. The van der Waals surface area contributed by atoms with Gasteiger partial charge in [0.2, 0.25) is 15.9 Å². The zero-order chi connectivity index (χ0) is 15.6. The monoisotopic (exact) mass is 312 g/mol. The lowest BCUT2D eigenvalue weighted by Gasteiger charge is -2.25. The Balaban J connectivity index is 2.12. The molecule has 2 atom stereocenters. The average Bonchev–Trinajstić information content (AvgIpc) is 2.76. The van der Waals surface area contributed by atoms with E-state index in [-0.39, 0.29) is 30.0 Å². The van der Waals surface area contributed by atoms with Gasteiger partial charge in [0.15, 0.2) is 0 Å². The fraction of sp³-hybridized carbons (Fsp3) is 0.500. The molecule has 1 saturated heterocycles. The van der Waals surface area contributed by atoms with E-state index < -0.39 is 10.0 Å². The summed E-state index contributed by atoms with van der Waals surface area (Å²) in [5, 5.41) is 5.06. The summed E-state index contributed by atoms with van der Waals surface area (Å²) in [6.45, 7) is 2.33. The largest absolute Gasteiger partial charge is 0.497 e. The fourth-order valence-electron chi connectivity index (χ4n) is 2.70. The lowest BCUT2D eigenvalue weighted by atomic mass is 10.1. The van der Waals surface area contributed by atoms with Gasteiger partial charge < -0.3 is 9.64 Å². The number of hydrogen-bond acceptors (Lipinski definition) is 4. The predicted octanol–water partition coefficient (Wildman–Crippen LogP) is 0.893. The SMILES string of the molecule is COc1cccc(C(C)N2CC(CS(N)(=O)=O)CC2=O)c1. The summed E-state index contributed by atoms with van der Waals surface area (Å²) in [4.78, 5) is 13.8. The summed E-state index contributed by atoms with van der Waals surface area (Å²) < 4.78 is 27.5. The van der Waals surface area contributed by atoms with Crippen LogP contribution in [0.1, 0.15) is 24.9 Å². The van der Waals surface area contributed by atoms with Gasteiger partial charge in [-0.1, -0.05) is 12.1 Å². The molecule has 2 unspecified atom stereocenters. The average molecular weight is 312 g/mol. The van der Waals surface area contributed by atoms with E-state index in [1.165, 1.54) is 0 Å². The quantitative estimate of drug-likeness (QED) is 0.874. The molecular weight excluding hydrogens is 292 g/mol. The second-order valence-electron chi connectivity index (χ2n) is 5.40. The highest BCUT2D eigenvalue weighted by Crippen LogP contribution is 2.30. The minimum Gasteiger partial charge on any atom is -0.497 e. The maximum atomic E-state index is 12.1. The van der Waals surface area contributed by atoms with Crippen LogP contribution in [-0.4, -0.2) is 38.6 Å². The molecule has 1 aromatic carbocycles. The molecule has 7 heteroatoms. The first-order valence-electron chi connectivity index (χ1n) is 6.74. The highest BCUT2D eigenvalue weighted by molar-refractivity contribution is 7.89. The van der Waals surface area contributed by atoms with Crippen LogP contribution in [0.4, 0.5) is 0 Å². The molecule has 0 spiro atoms. The summed E-state index contributed by atoms with van der Waals surface area (Å²) in [7, 11) is -1.96. The second-order valence-corrected chi connectivity index (χ2v) is 7.06. The van der Waals surface area contributed by atoms with E-state index in [0.29, 0.717) is 6.54 Å². The number of ether oxygens (including phenoxy) is 1. The summed E-state index contributed by atoms with van der Waals surface area (Å²) >= 11 is 0. The smallest absolute Gasteiger partial charge is 0.223 e. The molecule has 0 bridgehead atoms. The molecule has 1 aliphatic rings. The maximum Gasteiger partial charge on any atom is 0.223 e. The van der Waals surface area contributed by atoms with Crippen molar-refractivity contribution in [3.8, 4) is 5.75 Å². The standard InChI is InChI=1S/C14H20N2O4S/c1-10(12-4-3-5-13(7-12)20-2)16-8-11(6-14(16)17)9-21(15,18)19/h3-5,7,10-11H,6,8-9H2,1-2H3,(H2,15,18,19). The molecule has 2 N–H and O–H groups in total. The van der Waals surface area contributed by atoms with Crippen LogP contribution in [0, 0.1) is 5.92 Å². The minimum atomic E-state index is -3.55. The number of hydrogen-bond donors (Lipinski definition) is 1. The van der Waals surface area contributed by atoms with Crippen LogP contribution in [-0.2, 0) is 14.8 Å². The number of amides is 1. The van der Waals surface area contributed by atoms with Crippen LogP contribution in [0.5, 0.6) is 5.75 Å². The predicted molar refractivity (Wildman–Crippen MR) is 79.2 cm³/mol. The van der Waals surface area contributed by atoms with E-state index in [1.54, 1.807) is 12.0 Å². The molecule has 0 saturated carbocycles. The molecule has 6 nitrogen and oxygen atoms in total. The third kappa shape index (κ3) is 3.95. The van der Waals surface area contributed by atoms with Gasteiger partial charge in [-0.3, -0.25) is 4.79 Å². The Hall–Kier alpha value is -1.60. The molecule has 1 aromatic rings. The van der Waals surface area contributed by atoms with E-state index in [4.69, 9.17) is 9.88 Å².